The van der Waals surface area contributed by atoms with Gasteiger partial charge < -0.3 is 19.3 Å². The van der Waals surface area contributed by atoms with Crippen LogP contribution in [0.2, 0.25) is 0 Å². The van der Waals surface area contributed by atoms with Crippen LogP contribution in [0.1, 0.15) is 30.4 Å². The van der Waals surface area contributed by atoms with Crippen molar-refractivity contribution in [2.45, 2.75) is 32.7 Å². The first-order valence-electron chi connectivity index (χ1n) is 12.7. The molecule has 0 atom stereocenters. The quantitative estimate of drug-likeness (QED) is 0.254. The molecule has 8 heteroatoms. The van der Waals surface area contributed by atoms with Gasteiger partial charge in [0.15, 0.2) is 0 Å². The maximum atomic E-state index is 14.8. The number of hydrogen-bond acceptors (Lipinski definition) is 6. The number of benzene rings is 3. The summed E-state index contributed by atoms with van der Waals surface area (Å²) >= 11 is 0. The van der Waals surface area contributed by atoms with E-state index in [0.717, 1.165) is 28.0 Å². The standard InChI is InChI=1S/C30H30FN3O4/c1-19-5-3-4-6-24(19)25-12-11-22(16-27(25)37-18-20-7-8-20)30-32-29(33-38-30)21-9-10-23(26(31)15-21)17-34(2)14-13-28(35)36/h3-6,9-12,15-16,20H,7-8,13-14,17-18H2,1-2H3,(H,35,36). The van der Waals surface area contributed by atoms with Gasteiger partial charge in [0.05, 0.1) is 13.0 Å². The Labute approximate surface area is 220 Å². The minimum Gasteiger partial charge on any atom is -0.493 e. The van der Waals surface area contributed by atoms with Gasteiger partial charge >= 0.3 is 5.97 Å². The Kier molecular flexibility index (Phi) is 7.51. The van der Waals surface area contributed by atoms with Crippen molar-refractivity contribution < 1.29 is 23.6 Å². The summed E-state index contributed by atoms with van der Waals surface area (Å²) in [6.45, 7) is 3.39. The number of halogens is 1. The molecule has 1 aliphatic rings. The van der Waals surface area contributed by atoms with Crippen LogP contribution in [0.3, 0.4) is 0 Å². The van der Waals surface area contributed by atoms with E-state index >= 15 is 0 Å². The van der Waals surface area contributed by atoms with Gasteiger partial charge in [-0.1, -0.05) is 41.6 Å². The van der Waals surface area contributed by atoms with Crippen molar-refractivity contribution in [3.63, 3.8) is 0 Å². The molecule has 0 radical (unpaired) electrons. The highest BCUT2D eigenvalue weighted by Gasteiger charge is 2.23. The molecule has 7 nitrogen and oxygen atoms in total. The van der Waals surface area contributed by atoms with E-state index < -0.39 is 11.8 Å². The lowest BCUT2D eigenvalue weighted by atomic mass is 9.98. The molecule has 0 spiro atoms. The number of aromatic nitrogens is 2. The second kappa shape index (κ2) is 11.1. The highest BCUT2D eigenvalue weighted by atomic mass is 19.1. The van der Waals surface area contributed by atoms with Gasteiger partial charge in [-0.3, -0.25) is 4.79 Å². The summed E-state index contributed by atoms with van der Waals surface area (Å²) < 4.78 is 26.6. The SMILES string of the molecule is Cc1ccccc1-c1ccc(-c2nc(-c3ccc(CN(C)CCC(=O)O)c(F)c3)no2)cc1OCC1CC1. The first-order valence-corrected chi connectivity index (χ1v) is 12.7. The second-order valence-corrected chi connectivity index (χ2v) is 9.89. The fraction of sp³-hybridized carbons (Fsp3) is 0.300. The van der Waals surface area contributed by atoms with Crippen LogP contribution in [0.4, 0.5) is 4.39 Å². The molecular weight excluding hydrogens is 485 g/mol. The van der Waals surface area contributed by atoms with E-state index in [4.69, 9.17) is 14.4 Å². The molecule has 1 aliphatic carbocycles. The van der Waals surface area contributed by atoms with Crippen LogP contribution in [-0.4, -0.2) is 46.3 Å². The third-order valence-electron chi connectivity index (χ3n) is 6.72. The van der Waals surface area contributed by atoms with Gasteiger partial charge in [0.1, 0.15) is 11.6 Å². The van der Waals surface area contributed by atoms with Gasteiger partial charge in [0.2, 0.25) is 5.82 Å². The fourth-order valence-corrected chi connectivity index (χ4v) is 4.29. The van der Waals surface area contributed by atoms with E-state index in [1.807, 2.05) is 30.3 Å². The molecule has 1 heterocycles. The van der Waals surface area contributed by atoms with Gasteiger partial charge in [-0.2, -0.15) is 4.98 Å². The Morgan fingerprint density at radius 3 is 2.63 bits per heavy atom. The van der Waals surface area contributed by atoms with Crippen LogP contribution >= 0.6 is 0 Å². The van der Waals surface area contributed by atoms with Crippen LogP contribution in [0.15, 0.2) is 65.2 Å². The Hall–Kier alpha value is -4.04. The second-order valence-electron chi connectivity index (χ2n) is 9.89. The maximum Gasteiger partial charge on any atom is 0.304 e. The first-order chi connectivity index (χ1) is 18.4. The minimum absolute atomic E-state index is 0.00110. The summed E-state index contributed by atoms with van der Waals surface area (Å²) in [5, 5.41) is 12.9. The van der Waals surface area contributed by atoms with Crippen molar-refractivity contribution >= 4 is 5.97 Å². The van der Waals surface area contributed by atoms with E-state index in [1.54, 1.807) is 24.1 Å². The molecule has 0 amide bonds. The highest BCUT2D eigenvalue weighted by Crippen LogP contribution is 2.38. The van der Waals surface area contributed by atoms with E-state index in [9.17, 15) is 9.18 Å². The summed E-state index contributed by atoms with van der Waals surface area (Å²) in [7, 11) is 1.76. The summed E-state index contributed by atoms with van der Waals surface area (Å²) in [6.07, 6.45) is 2.39. The average Bonchev–Trinajstić information content (AvgIpc) is 3.61. The van der Waals surface area contributed by atoms with E-state index in [-0.39, 0.29) is 12.2 Å². The number of hydrogen-bond donors (Lipinski definition) is 1. The predicted octanol–water partition coefficient (Wildman–Crippen LogP) is 6.21. The summed E-state index contributed by atoms with van der Waals surface area (Å²) in [5.41, 5.74) is 4.98. The molecule has 3 aromatic carbocycles. The van der Waals surface area contributed by atoms with Gasteiger partial charge in [0.25, 0.3) is 5.89 Å². The smallest absolute Gasteiger partial charge is 0.304 e. The molecule has 4 aromatic rings. The van der Waals surface area contributed by atoms with Crippen LogP contribution in [0, 0.1) is 18.7 Å². The number of carboxylic acids is 1. The molecule has 196 valence electrons. The van der Waals surface area contributed by atoms with Crippen molar-refractivity contribution in [3.05, 3.63) is 77.6 Å². The van der Waals surface area contributed by atoms with Crippen molar-refractivity contribution in [2.24, 2.45) is 5.92 Å². The molecule has 1 saturated carbocycles. The maximum absolute atomic E-state index is 14.8. The molecule has 0 unspecified atom stereocenters. The molecule has 1 fully saturated rings. The van der Waals surface area contributed by atoms with Crippen LogP contribution in [0.25, 0.3) is 34.0 Å². The molecule has 5 rings (SSSR count). The van der Waals surface area contributed by atoms with E-state index in [1.165, 1.54) is 18.9 Å². The molecule has 0 aliphatic heterocycles. The Balaban J connectivity index is 1.37. The van der Waals surface area contributed by atoms with E-state index in [2.05, 4.69) is 29.2 Å². The normalized spacial score (nSPS) is 13.2. The first kappa shape index (κ1) is 25.6. The van der Waals surface area contributed by atoms with Crippen molar-refractivity contribution in [2.75, 3.05) is 20.2 Å². The van der Waals surface area contributed by atoms with Crippen molar-refractivity contribution in [1.29, 1.82) is 0 Å². The highest BCUT2D eigenvalue weighted by molar-refractivity contribution is 5.76. The van der Waals surface area contributed by atoms with Crippen LogP contribution in [-0.2, 0) is 11.3 Å². The van der Waals surface area contributed by atoms with Gasteiger partial charge in [-0.25, -0.2) is 4.39 Å². The van der Waals surface area contributed by atoms with Gasteiger partial charge in [0, 0.05) is 35.3 Å². The number of carboxylic acid groups (broad SMARTS) is 1. The lowest BCUT2D eigenvalue weighted by molar-refractivity contribution is -0.137. The van der Waals surface area contributed by atoms with Gasteiger partial charge in [-0.05, 0) is 68.1 Å². The Morgan fingerprint density at radius 2 is 1.89 bits per heavy atom. The largest absolute Gasteiger partial charge is 0.493 e. The zero-order valence-electron chi connectivity index (χ0n) is 21.5. The van der Waals surface area contributed by atoms with Crippen LogP contribution in [0.5, 0.6) is 5.75 Å². The number of carbonyl (C=O) groups is 1. The van der Waals surface area contributed by atoms with Crippen molar-refractivity contribution in [3.8, 4) is 39.7 Å². The number of nitrogens with zero attached hydrogens (tertiary/aromatic N) is 3. The third kappa shape index (κ3) is 6.08. The zero-order chi connectivity index (χ0) is 26.6. The lowest BCUT2D eigenvalue weighted by Gasteiger charge is -2.16. The van der Waals surface area contributed by atoms with E-state index in [0.29, 0.717) is 42.6 Å². The Morgan fingerprint density at radius 1 is 1.11 bits per heavy atom. The third-order valence-corrected chi connectivity index (χ3v) is 6.72. The fourth-order valence-electron chi connectivity index (χ4n) is 4.29. The summed E-state index contributed by atoms with van der Waals surface area (Å²) in [6, 6.07) is 18.9. The lowest BCUT2D eigenvalue weighted by Crippen LogP contribution is -2.21. The molecule has 1 aromatic heterocycles. The minimum atomic E-state index is -0.882. The molecular formula is C30H30FN3O4. The van der Waals surface area contributed by atoms with Crippen LogP contribution < -0.4 is 4.74 Å². The molecule has 38 heavy (non-hydrogen) atoms. The zero-order valence-corrected chi connectivity index (χ0v) is 21.5. The number of aryl methyl sites for hydroxylation is 1. The number of aliphatic carboxylic acids is 1. The molecule has 1 N–H and O–H groups in total. The predicted molar refractivity (Wildman–Crippen MR) is 142 cm³/mol. The van der Waals surface area contributed by atoms with Gasteiger partial charge in [-0.15, -0.1) is 0 Å². The summed E-state index contributed by atoms with van der Waals surface area (Å²) in [4.78, 5) is 17.1. The average molecular weight is 516 g/mol. The monoisotopic (exact) mass is 515 g/mol. The molecule has 0 bridgehead atoms. The summed E-state index contributed by atoms with van der Waals surface area (Å²) in [5.74, 6) is 0.694. The topological polar surface area (TPSA) is 88.7 Å². The Bertz CT molecular complexity index is 1450. The number of ether oxygens (including phenoxy) is 1. The number of rotatable bonds is 11. The molecule has 0 saturated heterocycles. The van der Waals surface area contributed by atoms with Crippen molar-refractivity contribution in [1.82, 2.24) is 15.0 Å².